The van der Waals surface area contributed by atoms with Gasteiger partial charge >= 0.3 is 4.05 Å². The first-order valence-corrected chi connectivity index (χ1v) is 4.33. The number of alkyl halides is 7. The highest BCUT2D eigenvalue weighted by Crippen LogP contribution is 2.26. The molecular formula is C2HBrCl5F. The molecule has 0 bridgehead atoms. The summed E-state index contributed by atoms with van der Waals surface area (Å²) in [6, 6.07) is 0. The third-order valence-corrected chi connectivity index (χ3v) is 0. The molecule has 0 rings (SSSR count). The van der Waals surface area contributed by atoms with Gasteiger partial charge < -0.3 is 0 Å². The summed E-state index contributed by atoms with van der Waals surface area (Å²) >= 11 is 25.9. The largest absolute Gasteiger partial charge is 0.333 e. The Hall–Kier alpha value is 1.86. The fourth-order valence-corrected chi connectivity index (χ4v) is 0. The average Bonchev–Trinajstić information content (AvgIpc) is 1.19. The summed E-state index contributed by atoms with van der Waals surface area (Å²) in [6.07, 6.45) is 0. The number of hydrogen-bond donors (Lipinski definition) is 0. The smallest absolute Gasteiger partial charge is 0.189 e. The van der Waals surface area contributed by atoms with Crippen molar-refractivity contribution in [2.75, 3.05) is 0 Å². The molecular weight excluding hydrogens is 300 g/mol. The Bertz CT molecular complexity index is 51.7. The third kappa shape index (κ3) is 176. The molecule has 0 saturated heterocycles. The molecule has 0 aliphatic carbocycles. The molecule has 58 valence electrons. The van der Waals surface area contributed by atoms with Gasteiger partial charge in [-0.15, -0.1) is 0 Å². The SMILES string of the molecule is ClC(Cl)Br.FC(Cl)(Cl)Cl. The van der Waals surface area contributed by atoms with Crippen LogP contribution in [0.3, 0.4) is 0 Å². The molecule has 0 aliphatic rings. The van der Waals surface area contributed by atoms with Crippen LogP contribution in [0.2, 0.25) is 0 Å². The van der Waals surface area contributed by atoms with Gasteiger partial charge in [-0.1, -0.05) is 39.1 Å². The second-order valence-electron chi connectivity index (χ2n) is 0.676. The maximum Gasteiger partial charge on any atom is 0.333 e. The molecule has 0 unspecified atom stereocenters. The van der Waals surface area contributed by atoms with Crippen molar-refractivity contribution in [2.45, 2.75) is 7.79 Å². The first kappa shape index (κ1) is 13.4. The molecule has 0 heterocycles. The molecule has 0 amide bonds. The molecule has 0 aliphatic heterocycles. The predicted octanol–water partition coefficient (Wildman–Crippen LogP) is 4.43. The quantitative estimate of drug-likeness (QED) is 0.581. The lowest BCUT2D eigenvalue weighted by molar-refractivity contribution is 0.507. The Morgan fingerprint density at radius 1 is 1.22 bits per heavy atom. The number of hydrogen-bond acceptors (Lipinski definition) is 0. The van der Waals surface area contributed by atoms with Crippen molar-refractivity contribution in [2.24, 2.45) is 0 Å². The van der Waals surface area contributed by atoms with Gasteiger partial charge in [0, 0.05) is 0 Å². The summed E-state index contributed by atoms with van der Waals surface area (Å²) in [6.45, 7) is 0. The highest BCUT2D eigenvalue weighted by Gasteiger charge is 2.14. The van der Waals surface area contributed by atoms with Crippen molar-refractivity contribution in [1.82, 2.24) is 0 Å². The topological polar surface area (TPSA) is 0 Å². The van der Waals surface area contributed by atoms with E-state index in [0.717, 1.165) is 0 Å². The van der Waals surface area contributed by atoms with Crippen LogP contribution in [-0.2, 0) is 0 Å². The monoisotopic (exact) mass is 298 g/mol. The predicted molar refractivity (Wildman–Crippen MR) is 45.8 cm³/mol. The Morgan fingerprint density at radius 2 is 1.22 bits per heavy atom. The number of halogens is 7. The van der Waals surface area contributed by atoms with E-state index in [1.165, 1.54) is 0 Å². The van der Waals surface area contributed by atoms with Crippen molar-refractivity contribution in [1.29, 1.82) is 0 Å². The molecule has 7 heteroatoms. The van der Waals surface area contributed by atoms with Crippen molar-refractivity contribution in [3.05, 3.63) is 0 Å². The number of rotatable bonds is 0. The summed E-state index contributed by atoms with van der Waals surface area (Å²) in [5.41, 5.74) is 0. The van der Waals surface area contributed by atoms with E-state index in [4.69, 9.17) is 23.2 Å². The van der Waals surface area contributed by atoms with E-state index in [-0.39, 0.29) is 0 Å². The second kappa shape index (κ2) is 6.56. The molecule has 0 atom stereocenters. The van der Waals surface area contributed by atoms with Gasteiger partial charge in [-0.2, -0.15) is 4.39 Å². The molecule has 0 N–H and O–H groups in total. The fraction of sp³-hybridized carbons (Fsp3) is 1.00. The van der Waals surface area contributed by atoms with Crippen molar-refractivity contribution in [3.8, 4) is 0 Å². The second-order valence-corrected chi connectivity index (χ2v) is 5.89. The minimum absolute atomic E-state index is 0.410. The van der Waals surface area contributed by atoms with Crippen LogP contribution in [0.1, 0.15) is 0 Å². The Kier molecular flexibility index (Phi) is 9.81. The van der Waals surface area contributed by atoms with E-state index in [2.05, 4.69) is 50.7 Å². The highest BCUT2D eigenvalue weighted by atomic mass is 79.9. The maximum atomic E-state index is 11.0. The van der Waals surface area contributed by atoms with Crippen LogP contribution in [0.25, 0.3) is 0 Å². The van der Waals surface area contributed by atoms with Gasteiger partial charge in [-0.05, 0) is 34.8 Å². The lowest BCUT2D eigenvalue weighted by Gasteiger charge is -1.89. The summed E-state index contributed by atoms with van der Waals surface area (Å²) in [7, 11) is 0. The zero-order valence-corrected chi connectivity index (χ0v) is 9.09. The van der Waals surface area contributed by atoms with Gasteiger partial charge in [0.1, 0.15) is 0 Å². The van der Waals surface area contributed by atoms with Gasteiger partial charge in [-0.3, -0.25) is 0 Å². The molecule has 0 aromatic heterocycles. The lowest BCUT2D eigenvalue weighted by Crippen LogP contribution is -1.83. The van der Waals surface area contributed by atoms with Gasteiger partial charge in [0.2, 0.25) is 0 Å². The van der Waals surface area contributed by atoms with Crippen LogP contribution in [-0.4, -0.2) is 7.79 Å². The zero-order valence-electron chi connectivity index (χ0n) is 3.72. The van der Waals surface area contributed by atoms with Crippen molar-refractivity contribution >= 4 is 73.9 Å². The van der Waals surface area contributed by atoms with E-state index >= 15 is 0 Å². The molecule has 0 saturated carbocycles. The lowest BCUT2D eigenvalue weighted by atomic mass is 11.7. The molecule has 9 heavy (non-hydrogen) atoms. The van der Waals surface area contributed by atoms with Crippen LogP contribution in [0.15, 0.2) is 0 Å². The standard InChI is InChI=1S/CHBrCl2.CCl3F/c2-1(3)4;2-1(3,4)5/h1H;. The Morgan fingerprint density at radius 3 is 1.22 bits per heavy atom. The molecule has 0 nitrogen and oxygen atoms in total. The fourth-order valence-electron chi connectivity index (χ4n) is 0. The molecule has 0 aromatic rings. The minimum Gasteiger partial charge on any atom is -0.189 e. The van der Waals surface area contributed by atoms with Crippen LogP contribution in [0, 0.1) is 0 Å². The van der Waals surface area contributed by atoms with E-state index in [9.17, 15) is 4.39 Å². The van der Waals surface area contributed by atoms with Gasteiger partial charge in [0.05, 0.1) is 0 Å². The van der Waals surface area contributed by atoms with Gasteiger partial charge in [0.25, 0.3) is 0 Å². The van der Waals surface area contributed by atoms with Crippen LogP contribution < -0.4 is 0 Å². The Labute approximate surface area is 85.7 Å². The van der Waals surface area contributed by atoms with E-state index in [0.29, 0.717) is 0 Å². The first-order chi connectivity index (χ1) is 3.73. The summed E-state index contributed by atoms with van der Waals surface area (Å²) < 4.78 is 7.99. The average molecular weight is 301 g/mol. The van der Waals surface area contributed by atoms with Crippen molar-refractivity contribution < 1.29 is 4.39 Å². The minimum atomic E-state index is -2.58. The van der Waals surface area contributed by atoms with Gasteiger partial charge in [0.15, 0.2) is 3.75 Å². The van der Waals surface area contributed by atoms with Gasteiger partial charge in [-0.25, -0.2) is 0 Å². The summed E-state index contributed by atoms with van der Waals surface area (Å²) in [4.78, 5) is 0. The summed E-state index contributed by atoms with van der Waals surface area (Å²) in [5.74, 6) is 0. The molecule has 0 fully saturated rings. The normalized spacial score (nSPS) is 10.7. The van der Waals surface area contributed by atoms with E-state index in [1.54, 1.807) is 0 Å². The van der Waals surface area contributed by atoms with Crippen LogP contribution in [0.4, 0.5) is 4.39 Å². The summed E-state index contributed by atoms with van der Waals surface area (Å²) in [5, 5.41) is 0. The molecule has 0 aromatic carbocycles. The van der Waals surface area contributed by atoms with Crippen LogP contribution >= 0.6 is 73.9 Å². The maximum absolute atomic E-state index is 11.0. The molecule has 0 spiro atoms. The first-order valence-electron chi connectivity index (χ1n) is 1.41. The third-order valence-electron chi connectivity index (χ3n) is 0. The van der Waals surface area contributed by atoms with Crippen LogP contribution in [0.5, 0.6) is 0 Å². The highest BCUT2D eigenvalue weighted by molar-refractivity contribution is 9.10. The van der Waals surface area contributed by atoms with Crippen molar-refractivity contribution in [3.63, 3.8) is 0 Å². The zero-order chi connectivity index (χ0) is 8.08. The van der Waals surface area contributed by atoms with E-state index in [1.807, 2.05) is 0 Å². The van der Waals surface area contributed by atoms with E-state index < -0.39 is 7.79 Å². The Balaban J connectivity index is 0. The molecule has 0 radical (unpaired) electrons.